The number of amides is 1. The van der Waals surface area contributed by atoms with Crippen molar-refractivity contribution in [3.05, 3.63) is 34.3 Å². The minimum absolute atomic E-state index is 0.0906. The van der Waals surface area contributed by atoms with Crippen molar-refractivity contribution in [2.24, 2.45) is 0 Å². The van der Waals surface area contributed by atoms with E-state index in [0.717, 1.165) is 11.6 Å². The molecule has 0 bridgehead atoms. The second-order valence-corrected chi connectivity index (χ2v) is 4.39. The summed E-state index contributed by atoms with van der Waals surface area (Å²) in [7, 11) is 0. The Balaban J connectivity index is 2.29. The Morgan fingerprint density at radius 1 is 1.41 bits per heavy atom. The molecule has 0 aliphatic rings. The Bertz CT molecular complexity index is 380. The quantitative estimate of drug-likeness (QED) is 0.765. The van der Waals surface area contributed by atoms with E-state index in [1.165, 1.54) is 11.1 Å². The third-order valence-electron chi connectivity index (χ3n) is 2.52. The molecule has 17 heavy (non-hydrogen) atoms. The van der Waals surface area contributed by atoms with E-state index in [1.807, 2.05) is 32.0 Å². The molecule has 94 valence electrons. The van der Waals surface area contributed by atoms with Crippen molar-refractivity contribution >= 4 is 17.5 Å². The number of aryl methyl sites for hydroxylation is 1. The van der Waals surface area contributed by atoms with Crippen LogP contribution < -0.4 is 10.6 Å². The highest BCUT2D eigenvalue weighted by atomic mass is 35.5. The fourth-order valence-corrected chi connectivity index (χ4v) is 1.79. The Labute approximate surface area is 108 Å². The maximum Gasteiger partial charge on any atom is 0.221 e. The van der Waals surface area contributed by atoms with Crippen LogP contribution in [0.3, 0.4) is 0 Å². The first-order valence-electron chi connectivity index (χ1n) is 5.86. The van der Waals surface area contributed by atoms with E-state index in [4.69, 9.17) is 11.6 Å². The summed E-state index contributed by atoms with van der Waals surface area (Å²) >= 11 is 5.88. The van der Waals surface area contributed by atoms with E-state index in [-0.39, 0.29) is 5.91 Å². The van der Waals surface area contributed by atoms with E-state index >= 15 is 0 Å². The molecule has 0 aliphatic heterocycles. The Morgan fingerprint density at radius 3 is 2.82 bits per heavy atom. The summed E-state index contributed by atoms with van der Waals surface area (Å²) < 4.78 is 0. The molecule has 0 radical (unpaired) electrons. The van der Waals surface area contributed by atoms with Gasteiger partial charge in [0.15, 0.2) is 0 Å². The number of hydrogen-bond acceptors (Lipinski definition) is 2. The minimum atomic E-state index is 0.0906. The number of rotatable bonds is 6. The van der Waals surface area contributed by atoms with Crippen molar-refractivity contribution in [3.8, 4) is 0 Å². The molecule has 1 rings (SSSR count). The van der Waals surface area contributed by atoms with Gasteiger partial charge in [-0.05, 0) is 37.1 Å². The van der Waals surface area contributed by atoms with Crippen molar-refractivity contribution in [1.82, 2.24) is 10.6 Å². The lowest BCUT2D eigenvalue weighted by Gasteiger charge is -2.08. The van der Waals surface area contributed by atoms with Crippen LogP contribution in [0.25, 0.3) is 0 Å². The maximum absolute atomic E-state index is 11.2. The van der Waals surface area contributed by atoms with Gasteiger partial charge in [0, 0.05) is 31.1 Å². The van der Waals surface area contributed by atoms with Crippen LogP contribution in [0.15, 0.2) is 18.2 Å². The molecule has 2 N–H and O–H groups in total. The van der Waals surface area contributed by atoms with Gasteiger partial charge in [-0.1, -0.05) is 17.7 Å². The molecule has 0 saturated heterocycles. The molecule has 0 aromatic heterocycles. The highest BCUT2D eigenvalue weighted by Crippen LogP contribution is 2.14. The monoisotopic (exact) mass is 254 g/mol. The fraction of sp³-hybridized carbons (Fsp3) is 0.462. The highest BCUT2D eigenvalue weighted by Gasteiger charge is 2.01. The molecule has 0 aliphatic carbocycles. The van der Waals surface area contributed by atoms with E-state index in [2.05, 4.69) is 10.6 Å². The number of halogens is 1. The summed E-state index contributed by atoms with van der Waals surface area (Å²) in [5.74, 6) is 0.0906. The molecular weight excluding hydrogens is 236 g/mol. The molecule has 1 amide bonds. The molecule has 0 saturated carbocycles. The second kappa shape index (κ2) is 7.30. The van der Waals surface area contributed by atoms with Crippen LogP contribution >= 0.6 is 11.6 Å². The number of carbonyl (C=O) groups excluding carboxylic acids is 1. The minimum Gasteiger partial charge on any atom is -0.356 e. The lowest BCUT2D eigenvalue weighted by molar-refractivity contribution is -0.120. The van der Waals surface area contributed by atoms with Crippen LogP contribution in [0.1, 0.15) is 24.5 Å². The molecule has 0 spiro atoms. The van der Waals surface area contributed by atoms with Gasteiger partial charge < -0.3 is 10.6 Å². The zero-order valence-electron chi connectivity index (χ0n) is 10.3. The SMILES string of the molecule is CCNC(=O)CCNCc1ccc(Cl)cc1C. The van der Waals surface area contributed by atoms with Crippen LogP contribution in [-0.2, 0) is 11.3 Å². The number of carbonyl (C=O) groups is 1. The van der Waals surface area contributed by atoms with Crippen LogP contribution in [0.4, 0.5) is 0 Å². The van der Waals surface area contributed by atoms with Gasteiger partial charge in [0.1, 0.15) is 0 Å². The van der Waals surface area contributed by atoms with Crippen LogP contribution in [0.5, 0.6) is 0 Å². The van der Waals surface area contributed by atoms with Crippen LogP contribution in [0, 0.1) is 6.92 Å². The molecule has 0 unspecified atom stereocenters. The van der Waals surface area contributed by atoms with Gasteiger partial charge in [0.05, 0.1) is 0 Å². The van der Waals surface area contributed by atoms with Gasteiger partial charge >= 0.3 is 0 Å². The Hall–Kier alpha value is -1.06. The zero-order valence-corrected chi connectivity index (χ0v) is 11.1. The summed E-state index contributed by atoms with van der Waals surface area (Å²) in [4.78, 5) is 11.2. The fourth-order valence-electron chi connectivity index (χ4n) is 1.57. The molecule has 4 heteroatoms. The van der Waals surface area contributed by atoms with E-state index in [9.17, 15) is 4.79 Å². The number of hydrogen-bond donors (Lipinski definition) is 2. The molecular formula is C13H19ClN2O. The second-order valence-electron chi connectivity index (χ2n) is 3.95. The molecule has 3 nitrogen and oxygen atoms in total. The van der Waals surface area contributed by atoms with Crippen LogP contribution in [0.2, 0.25) is 5.02 Å². The average molecular weight is 255 g/mol. The summed E-state index contributed by atoms with van der Waals surface area (Å²) in [6, 6.07) is 5.84. The largest absolute Gasteiger partial charge is 0.356 e. The first-order valence-corrected chi connectivity index (χ1v) is 6.23. The van der Waals surface area contributed by atoms with Crippen molar-refractivity contribution < 1.29 is 4.79 Å². The molecule has 1 aromatic carbocycles. The van der Waals surface area contributed by atoms with Gasteiger partial charge in [-0.2, -0.15) is 0 Å². The van der Waals surface area contributed by atoms with Crippen LogP contribution in [-0.4, -0.2) is 19.0 Å². The predicted octanol–water partition coefficient (Wildman–Crippen LogP) is 2.26. The van der Waals surface area contributed by atoms with Gasteiger partial charge in [-0.25, -0.2) is 0 Å². The lowest BCUT2D eigenvalue weighted by atomic mass is 10.1. The molecule has 0 heterocycles. The topological polar surface area (TPSA) is 41.1 Å². The van der Waals surface area contributed by atoms with Gasteiger partial charge in [-0.15, -0.1) is 0 Å². The summed E-state index contributed by atoms with van der Waals surface area (Å²) in [6.45, 7) is 6.10. The van der Waals surface area contributed by atoms with Gasteiger partial charge in [0.25, 0.3) is 0 Å². The predicted molar refractivity (Wildman–Crippen MR) is 71.2 cm³/mol. The average Bonchev–Trinajstić information content (AvgIpc) is 2.27. The van der Waals surface area contributed by atoms with Gasteiger partial charge in [0.2, 0.25) is 5.91 Å². The third kappa shape index (κ3) is 5.20. The van der Waals surface area contributed by atoms with Crippen molar-refractivity contribution in [2.75, 3.05) is 13.1 Å². The van der Waals surface area contributed by atoms with E-state index in [1.54, 1.807) is 0 Å². The molecule has 1 aromatic rings. The number of nitrogens with one attached hydrogen (secondary N) is 2. The first-order chi connectivity index (χ1) is 8.13. The smallest absolute Gasteiger partial charge is 0.221 e. The normalized spacial score (nSPS) is 10.3. The summed E-state index contributed by atoms with van der Waals surface area (Å²) in [5.41, 5.74) is 2.38. The molecule has 0 fully saturated rings. The maximum atomic E-state index is 11.2. The van der Waals surface area contributed by atoms with E-state index < -0.39 is 0 Å². The standard InChI is InChI=1S/C13H19ClN2O/c1-3-16-13(17)6-7-15-9-11-4-5-12(14)8-10(11)2/h4-5,8,15H,3,6-7,9H2,1-2H3,(H,16,17). The molecule has 0 atom stereocenters. The van der Waals surface area contributed by atoms with E-state index in [0.29, 0.717) is 19.5 Å². The zero-order chi connectivity index (χ0) is 12.7. The number of benzene rings is 1. The Morgan fingerprint density at radius 2 is 2.18 bits per heavy atom. The lowest BCUT2D eigenvalue weighted by Crippen LogP contribution is -2.27. The summed E-state index contributed by atoms with van der Waals surface area (Å²) in [5, 5.41) is 6.77. The summed E-state index contributed by atoms with van der Waals surface area (Å²) in [6.07, 6.45) is 0.514. The Kier molecular flexibility index (Phi) is 6.01. The van der Waals surface area contributed by atoms with Crippen molar-refractivity contribution in [2.45, 2.75) is 26.8 Å². The highest BCUT2D eigenvalue weighted by molar-refractivity contribution is 6.30. The van der Waals surface area contributed by atoms with Gasteiger partial charge in [-0.3, -0.25) is 4.79 Å². The first kappa shape index (κ1) is 14.0. The third-order valence-corrected chi connectivity index (χ3v) is 2.76. The van der Waals surface area contributed by atoms with Crippen molar-refractivity contribution in [1.29, 1.82) is 0 Å². The van der Waals surface area contributed by atoms with Crippen molar-refractivity contribution in [3.63, 3.8) is 0 Å².